The predicted octanol–water partition coefficient (Wildman–Crippen LogP) is 28.5. The van der Waals surface area contributed by atoms with Crippen molar-refractivity contribution in [3.05, 3.63) is 364 Å². The van der Waals surface area contributed by atoms with Crippen LogP contribution in [0.3, 0.4) is 0 Å². The second-order valence-corrected chi connectivity index (χ2v) is 27.1. The van der Waals surface area contributed by atoms with Crippen LogP contribution in [0.4, 0.5) is 0 Å². The number of benzene rings is 22. The van der Waals surface area contributed by atoms with Crippen molar-refractivity contribution in [1.82, 2.24) is 0 Å². The summed E-state index contributed by atoms with van der Waals surface area (Å²) in [4.78, 5) is 0. The first-order chi connectivity index (χ1) is 49.7. The molecular formula is C100H60. The van der Waals surface area contributed by atoms with Gasteiger partial charge in [0, 0.05) is 0 Å². The van der Waals surface area contributed by atoms with E-state index in [0.29, 0.717) is 0 Å². The molecule has 0 fully saturated rings. The molecule has 460 valence electrons. The molecule has 0 bridgehead atoms. The number of fused-ring (bicyclic) bond motifs is 28. The summed E-state index contributed by atoms with van der Waals surface area (Å²) in [6.07, 6.45) is 0. The molecule has 0 atom stereocenters. The molecule has 0 aliphatic rings. The molecule has 0 spiro atoms. The van der Waals surface area contributed by atoms with Crippen molar-refractivity contribution >= 4 is 172 Å². The average molecular weight is 1260 g/mol. The van der Waals surface area contributed by atoms with Crippen LogP contribution in [0.15, 0.2) is 364 Å². The van der Waals surface area contributed by atoms with E-state index in [-0.39, 0.29) is 0 Å². The number of hydrogen-bond acceptors (Lipinski definition) is 0. The molecule has 0 N–H and O–H groups in total. The monoisotopic (exact) mass is 1260 g/mol. The minimum absolute atomic E-state index is 1.26. The Balaban J connectivity index is 0.000000133. The van der Waals surface area contributed by atoms with Crippen molar-refractivity contribution < 1.29 is 0 Å². The molecule has 0 saturated heterocycles. The Morgan fingerprint density at radius 2 is 0.270 bits per heavy atom. The van der Waals surface area contributed by atoms with Crippen molar-refractivity contribution in [2.24, 2.45) is 0 Å². The van der Waals surface area contributed by atoms with Crippen LogP contribution in [0.25, 0.3) is 217 Å². The fourth-order valence-corrected chi connectivity index (χ4v) is 17.7. The minimum atomic E-state index is 1.26. The zero-order valence-corrected chi connectivity index (χ0v) is 54.6. The van der Waals surface area contributed by atoms with Gasteiger partial charge < -0.3 is 0 Å². The Morgan fingerprint density at radius 3 is 0.560 bits per heavy atom. The Morgan fingerprint density at radius 1 is 0.0900 bits per heavy atom. The summed E-state index contributed by atoms with van der Waals surface area (Å²) in [5, 5.41) is 41.2. The fraction of sp³-hybridized carbons (Fsp3) is 0. The maximum Gasteiger partial charge on any atom is -0.00137 e. The van der Waals surface area contributed by atoms with Gasteiger partial charge in [-0.15, -0.1) is 0 Å². The van der Waals surface area contributed by atoms with Crippen molar-refractivity contribution in [3.63, 3.8) is 0 Å². The first kappa shape index (κ1) is 56.2. The lowest BCUT2D eigenvalue weighted by atomic mass is 9.82. The highest BCUT2D eigenvalue weighted by molar-refractivity contribution is 6.41. The van der Waals surface area contributed by atoms with Crippen LogP contribution >= 0.6 is 0 Å². The summed E-state index contributed by atoms with van der Waals surface area (Å²) >= 11 is 0. The van der Waals surface area contributed by atoms with Crippen LogP contribution in [0.1, 0.15) is 0 Å². The summed E-state index contributed by atoms with van der Waals surface area (Å²) in [6.45, 7) is 0. The molecule has 0 saturated carbocycles. The Kier molecular flexibility index (Phi) is 12.5. The van der Waals surface area contributed by atoms with E-state index in [2.05, 4.69) is 364 Å². The smallest absolute Gasteiger partial charge is 0.00137 e. The lowest BCUT2D eigenvalue weighted by molar-refractivity contribution is 1.70. The number of rotatable bonds is 4. The van der Waals surface area contributed by atoms with Crippen LogP contribution in [0.5, 0.6) is 0 Å². The Hall–Kier alpha value is -13.0. The van der Waals surface area contributed by atoms with E-state index >= 15 is 0 Å². The van der Waals surface area contributed by atoms with E-state index in [9.17, 15) is 0 Å². The van der Waals surface area contributed by atoms with Crippen LogP contribution in [0.2, 0.25) is 0 Å². The van der Waals surface area contributed by atoms with Gasteiger partial charge in [-0.1, -0.05) is 328 Å². The van der Waals surface area contributed by atoms with Crippen molar-refractivity contribution in [2.75, 3.05) is 0 Å². The summed E-state index contributed by atoms with van der Waals surface area (Å²) in [5.74, 6) is 0. The highest BCUT2D eigenvalue weighted by atomic mass is 14.3. The third-order valence-corrected chi connectivity index (χ3v) is 22.0. The van der Waals surface area contributed by atoms with E-state index in [1.54, 1.807) is 0 Å². The predicted molar refractivity (Wildman–Crippen MR) is 435 cm³/mol. The SMILES string of the molecule is c1ccc2c(-c3cc4c5ccccc5c5cc(-c6cccc7ccccc67)c6ccccc6c5c4c4ccccc34)cccc2c1.c1ccc2c(c1)cc(-c1cc3c4ccccc4c4cc(-c5cc6ccccc6c6ccccc56)c5ccccc5c4c3c3ccccc13)c1ccccc12. The van der Waals surface area contributed by atoms with Gasteiger partial charge in [0.2, 0.25) is 0 Å². The van der Waals surface area contributed by atoms with E-state index in [1.165, 1.54) is 217 Å². The standard InChI is InChI=1S/C54H32.C46H28/c1-3-17-35-33(15-1)29-47(39-21-7-5-19-37(35)39)49-31-51-41-23-9-10-24-42(41)52-32-50(48-30-34-16-2-4-18-36(34)38-20-6-8-22-40(38)48)44-26-12-14-28-46(44)54(52)53(51)45-27-13-11-25-43(45)49;1-3-17-31-29(13-1)15-11-25-33(31)41-27-43-35-19-5-6-20-36(35)44-28-42(34-26-12-16-30-14-2-4-18-32(30)34)38-22-8-10-24-40(38)46(44)45(43)39-23-9-7-21-37(39)41/h1-32H;1-28H. The van der Waals surface area contributed by atoms with Crippen LogP contribution in [-0.2, 0) is 0 Å². The molecule has 0 radical (unpaired) electrons. The van der Waals surface area contributed by atoms with Crippen molar-refractivity contribution in [2.45, 2.75) is 0 Å². The first-order valence-electron chi connectivity index (χ1n) is 34.9. The van der Waals surface area contributed by atoms with Crippen molar-refractivity contribution in [3.8, 4) is 44.5 Å². The summed E-state index contributed by atoms with van der Waals surface area (Å²) in [5.41, 5.74) is 10.2. The molecule has 22 aromatic rings. The lowest BCUT2D eigenvalue weighted by Crippen LogP contribution is -1.92. The molecule has 0 nitrogen and oxygen atoms in total. The van der Waals surface area contributed by atoms with E-state index in [0.717, 1.165) is 0 Å². The molecule has 22 aromatic carbocycles. The van der Waals surface area contributed by atoms with E-state index in [4.69, 9.17) is 0 Å². The lowest BCUT2D eigenvalue weighted by Gasteiger charge is -2.20. The van der Waals surface area contributed by atoms with Gasteiger partial charge in [0.25, 0.3) is 0 Å². The zero-order valence-electron chi connectivity index (χ0n) is 54.6. The van der Waals surface area contributed by atoms with Crippen LogP contribution < -0.4 is 0 Å². The molecule has 100 heavy (non-hydrogen) atoms. The normalized spacial score (nSPS) is 12.0. The molecule has 0 heterocycles. The summed E-state index contributed by atoms with van der Waals surface area (Å²) in [7, 11) is 0. The molecule has 0 aliphatic carbocycles. The molecule has 0 heteroatoms. The van der Waals surface area contributed by atoms with Crippen molar-refractivity contribution in [1.29, 1.82) is 0 Å². The highest BCUT2D eigenvalue weighted by Gasteiger charge is 2.24. The Labute approximate surface area is 577 Å². The third kappa shape index (κ3) is 8.41. The number of hydrogen-bond donors (Lipinski definition) is 0. The second-order valence-electron chi connectivity index (χ2n) is 27.1. The molecule has 0 aromatic heterocycles. The van der Waals surface area contributed by atoms with Crippen LogP contribution in [0, 0.1) is 0 Å². The largest absolute Gasteiger partial charge is 0.0616 e. The molecule has 0 aliphatic heterocycles. The maximum atomic E-state index is 2.50. The van der Waals surface area contributed by atoms with Gasteiger partial charge in [-0.3, -0.25) is 0 Å². The average Bonchev–Trinajstić information content (AvgIpc) is 0.706. The van der Waals surface area contributed by atoms with Gasteiger partial charge in [-0.05, 0) is 253 Å². The zero-order chi connectivity index (χ0) is 65.5. The third-order valence-electron chi connectivity index (χ3n) is 22.0. The minimum Gasteiger partial charge on any atom is -0.0616 e. The summed E-state index contributed by atoms with van der Waals surface area (Å²) in [6, 6.07) is 135. The topological polar surface area (TPSA) is 0 Å². The maximum absolute atomic E-state index is 2.50. The van der Waals surface area contributed by atoms with Gasteiger partial charge in [0.15, 0.2) is 0 Å². The van der Waals surface area contributed by atoms with Gasteiger partial charge in [0.1, 0.15) is 0 Å². The molecule has 22 rings (SSSR count). The first-order valence-corrected chi connectivity index (χ1v) is 34.9. The Bertz CT molecular complexity index is 6830. The van der Waals surface area contributed by atoms with Gasteiger partial charge >= 0.3 is 0 Å². The van der Waals surface area contributed by atoms with Gasteiger partial charge in [-0.2, -0.15) is 0 Å². The molecular weight excluding hydrogens is 1200 g/mol. The molecule has 0 unspecified atom stereocenters. The van der Waals surface area contributed by atoms with Gasteiger partial charge in [-0.25, -0.2) is 0 Å². The molecule has 0 amide bonds. The second kappa shape index (κ2) is 22.3. The highest BCUT2D eigenvalue weighted by Crippen LogP contribution is 2.52. The van der Waals surface area contributed by atoms with Crippen LogP contribution in [-0.4, -0.2) is 0 Å². The van der Waals surface area contributed by atoms with E-state index < -0.39 is 0 Å². The summed E-state index contributed by atoms with van der Waals surface area (Å²) < 4.78 is 0. The fourth-order valence-electron chi connectivity index (χ4n) is 17.7. The quantitative estimate of drug-likeness (QED) is 0.154. The van der Waals surface area contributed by atoms with Gasteiger partial charge in [0.05, 0.1) is 0 Å². The van der Waals surface area contributed by atoms with E-state index in [1.807, 2.05) is 0 Å².